The number of carbonyl (C=O) groups excluding carboxylic acids is 1. The summed E-state index contributed by atoms with van der Waals surface area (Å²) in [5, 5.41) is 6.78. The van der Waals surface area contributed by atoms with Crippen LogP contribution in [0.15, 0.2) is 47.2 Å². The molecule has 1 aromatic heterocycles. The lowest BCUT2D eigenvalue weighted by Crippen LogP contribution is -2.40. The summed E-state index contributed by atoms with van der Waals surface area (Å²) in [5.41, 5.74) is 1.03. The Kier molecular flexibility index (Phi) is 4.21. The molecule has 5 heteroatoms. The molecule has 0 radical (unpaired) electrons. The van der Waals surface area contributed by atoms with Crippen LogP contribution in [0.1, 0.15) is 5.56 Å². The monoisotopic (exact) mass is 301 g/mol. The molecule has 1 atom stereocenters. The number of ether oxygens (including phenoxy) is 2. The molecule has 4 nitrogen and oxygen atoms in total. The molecule has 0 fully saturated rings. The molecular weight excluding hydrogens is 286 g/mol. The van der Waals surface area contributed by atoms with Crippen LogP contribution in [-0.2, 0) is 4.79 Å². The topological polar surface area (TPSA) is 47.6 Å². The van der Waals surface area contributed by atoms with E-state index >= 15 is 0 Å². The van der Waals surface area contributed by atoms with Crippen molar-refractivity contribution < 1.29 is 14.3 Å². The summed E-state index contributed by atoms with van der Waals surface area (Å²) in [6, 6.07) is 9.49. The molecule has 2 heterocycles. The van der Waals surface area contributed by atoms with Gasteiger partial charge < -0.3 is 14.8 Å². The fourth-order valence-electron chi connectivity index (χ4n) is 1.98. The van der Waals surface area contributed by atoms with Gasteiger partial charge in [-0.3, -0.25) is 4.79 Å². The van der Waals surface area contributed by atoms with Crippen molar-refractivity contribution in [3.63, 3.8) is 0 Å². The molecular formula is C16H15NO3S. The highest BCUT2D eigenvalue weighted by Gasteiger charge is 2.20. The maximum Gasteiger partial charge on any atom is 0.244 e. The summed E-state index contributed by atoms with van der Waals surface area (Å²) in [4.78, 5) is 11.7. The summed E-state index contributed by atoms with van der Waals surface area (Å²) in [6.45, 7) is 0.854. The van der Waals surface area contributed by atoms with Crippen molar-refractivity contribution >= 4 is 23.3 Å². The number of para-hydroxylation sites is 2. The molecule has 3 rings (SSSR count). The van der Waals surface area contributed by atoms with E-state index in [1.807, 2.05) is 41.1 Å². The van der Waals surface area contributed by atoms with Gasteiger partial charge in [0, 0.05) is 6.08 Å². The van der Waals surface area contributed by atoms with Crippen LogP contribution in [0.4, 0.5) is 0 Å². The van der Waals surface area contributed by atoms with E-state index < -0.39 is 0 Å². The summed E-state index contributed by atoms with van der Waals surface area (Å²) in [5.74, 6) is 1.33. The maximum absolute atomic E-state index is 11.7. The zero-order valence-corrected chi connectivity index (χ0v) is 12.1. The minimum absolute atomic E-state index is 0.136. The van der Waals surface area contributed by atoms with Crippen molar-refractivity contribution in [3.05, 3.63) is 52.7 Å². The van der Waals surface area contributed by atoms with Gasteiger partial charge in [-0.2, -0.15) is 11.3 Å². The molecule has 1 unspecified atom stereocenters. The summed E-state index contributed by atoms with van der Waals surface area (Å²) >= 11 is 1.60. The number of fused-ring (bicyclic) bond motifs is 1. The summed E-state index contributed by atoms with van der Waals surface area (Å²) in [6.07, 6.45) is 3.15. The van der Waals surface area contributed by atoms with E-state index in [0.29, 0.717) is 13.2 Å². The van der Waals surface area contributed by atoms with Crippen molar-refractivity contribution in [2.45, 2.75) is 6.10 Å². The number of thiophene rings is 1. The van der Waals surface area contributed by atoms with Crippen LogP contribution in [0.5, 0.6) is 11.5 Å². The van der Waals surface area contributed by atoms with E-state index in [4.69, 9.17) is 9.47 Å². The van der Waals surface area contributed by atoms with Crippen LogP contribution in [-0.4, -0.2) is 25.2 Å². The number of carbonyl (C=O) groups is 1. The minimum atomic E-state index is -0.168. The minimum Gasteiger partial charge on any atom is -0.486 e. The van der Waals surface area contributed by atoms with Gasteiger partial charge in [0.15, 0.2) is 11.5 Å². The van der Waals surface area contributed by atoms with Gasteiger partial charge in [-0.25, -0.2) is 0 Å². The zero-order chi connectivity index (χ0) is 14.5. The highest BCUT2D eigenvalue weighted by Crippen LogP contribution is 2.30. The number of hydrogen-bond donors (Lipinski definition) is 1. The Labute approximate surface area is 127 Å². The Hall–Kier alpha value is -2.27. The van der Waals surface area contributed by atoms with Crippen molar-refractivity contribution in [3.8, 4) is 11.5 Å². The van der Waals surface area contributed by atoms with Crippen LogP contribution in [0.25, 0.3) is 6.08 Å². The Morgan fingerprint density at radius 3 is 3.00 bits per heavy atom. The predicted molar refractivity (Wildman–Crippen MR) is 82.7 cm³/mol. The van der Waals surface area contributed by atoms with E-state index in [9.17, 15) is 4.79 Å². The average molecular weight is 301 g/mol. The Balaban J connectivity index is 1.49. The second-order valence-electron chi connectivity index (χ2n) is 4.63. The van der Waals surface area contributed by atoms with Gasteiger partial charge in [0.05, 0.1) is 6.54 Å². The first-order chi connectivity index (χ1) is 10.3. The number of amides is 1. The molecule has 108 valence electrons. The molecule has 0 saturated heterocycles. The second kappa shape index (κ2) is 6.45. The molecule has 0 bridgehead atoms. The van der Waals surface area contributed by atoms with Gasteiger partial charge >= 0.3 is 0 Å². The fraction of sp³-hybridized carbons (Fsp3) is 0.188. The lowest BCUT2D eigenvalue weighted by molar-refractivity contribution is -0.116. The van der Waals surface area contributed by atoms with Crippen LogP contribution in [0, 0.1) is 0 Å². The third-order valence-corrected chi connectivity index (χ3v) is 3.74. The van der Waals surface area contributed by atoms with E-state index in [0.717, 1.165) is 17.1 Å². The van der Waals surface area contributed by atoms with E-state index in [1.54, 1.807) is 17.4 Å². The molecule has 0 spiro atoms. The molecule has 0 saturated carbocycles. The smallest absolute Gasteiger partial charge is 0.244 e. The number of rotatable bonds is 4. The van der Waals surface area contributed by atoms with Crippen LogP contribution in [0.2, 0.25) is 0 Å². The quantitative estimate of drug-likeness (QED) is 0.883. The largest absolute Gasteiger partial charge is 0.486 e. The van der Waals surface area contributed by atoms with E-state index in [-0.39, 0.29) is 12.0 Å². The standard InChI is InChI=1S/C16H15NO3S/c18-16(6-5-12-7-8-21-11-12)17-9-13-10-19-14-3-1-2-4-15(14)20-13/h1-8,11,13H,9-10H2,(H,17,18)/b6-5+. The van der Waals surface area contributed by atoms with E-state index in [2.05, 4.69) is 5.32 Å². The average Bonchev–Trinajstić information content (AvgIpc) is 3.04. The van der Waals surface area contributed by atoms with Crippen molar-refractivity contribution in [1.29, 1.82) is 0 Å². The van der Waals surface area contributed by atoms with Gasteiger partial charge in [-0.1, -0.05) is 12.1 Å². The molecule has 1 amide bonds. The van der Waals surface area contributed by atoms with Gasteiger partial charge in [-0.05, 0) is 40.6 Å². The highest BCUT2D eigenvalue weighted by atomic mass is 32.1. The predicted octanol–water partition coefficient (Wildman–Crippen LogP) is 2.72. The fourth-order valence-corrected chi connectivity index (χ4v) is 2.61. The van der Waals surface area contributed by atoms with Crippen LogP contribution < -0.4 is 14.8 Å². The first-order valence-corrected chi connectivity index (χ1v) is 7.62. The van der Waals surface area contributed by atoms with Crippen molar-refractivity contribution in [2.24, 2.45) is 0 Å². The first kappa shape index (κ1) is 13.7. The number of benzene rings is 1. The number of hydrogen-bond acceptors (Lipinski definition) is 4. The van der Waals surface area contributed by atoms with E-state index in [1.165, 1.54) is 6.08 Å². The molecule has 1 aliphatic rings. The zero-order valence-electron chi connectivity index (χ0n) is 11.3. The number of nitrogens with one attached hydrogen (secondary N) is 1. The molecule has 0 aliphatic carbocycles. The lowest BCUT2D eigenvalue weighted by atomic mass is 10.2. The SMILES string of the molecule is O=C(/C=C/c1ccsc1)NCC1COc2ccccc2O1. The van der Waals surface area contributed by atoms with Gasteiger partial charge in [0.25, 0.3) is 0 Å². The van der Waals surface area contributed by atoms with Crippen molar-refractivity contribution in [1.82, 2.24) is 5.32 Å². The highest BCUT2D eigenvalue weighted by molar-refractivity contribution is 7.08. The lowest BCUT2D eigenvalue weighted by Gasteiger charge is -2.26. The first-order valence-electron chi connectivity index (χ1n) is 6.68. The molecule has 2 aromatic rings. The van der Waals surface area contributed by atoms with Crippen LogP contribution in [0.3, 0.4) is 0 Å². The Morgan fingerprint density at radius 2 is 2.19 bits per heavy atom. The Morgan fingerprint density at radius 1 is 1.33 bits per heavy atom. The molecule has 21 heavy (non-hydrogen) atoms. The van der Waals surface area contributed by atoms with Gasteiger partial charge in [0.1, 0.15) is 12.7 Å². The molecule has 1 N–H and O–H groups in total. The maximum atomic E-state index is 11.7. The molecule has 1 aromatic carbocycles. The van der Waals surface area contributed by atoms with Gasteiger partial charge in [0.2, 0.25) is 5.91 Å². The third-order valence-electron chi connectivity index (χ3n) is 3.04. The van der Waals surface area contributed by atoms with Gasteiger partial charge in [-0.15, -0.1) is 0 Å². The second-order valence-corrected chi connectivity index (χ2v) is 5.41. The third kappa shape index (κ3) is 3.64. The van der Waals surface area contributed by atoms with Crippen LogP contribution >= 0.6 is 11.3 Å². The summed E-state index contributed by atoms with van der Waals surface area (Å²) in [7, 11) is 0. The summed E-state index contributed by atoms with van der Waals surface area (Å²) < 4.78 is 11.4. The van der Waals surface area contributed by atoms with Crippen molar-refractivity contribution in [2.75, 3.05) is 13.2 Å². The molecule has 1 aliphatic heterocycles. The Bertz CT molecular complexity index is 637. The normalized spacial score (nSPS) is 16.9.